The van der Waals surface area contributed by atoms with E-state index in [-0.39, 0.29) is 0 Å². The molecule has 0 spiro atoms. The largest absolute Gasteiger partial charge is 0.400 e. The molecule has 0 bridgehead atoms. The first-order chi connectivity index (χ1) is 16.2. The second-order valence-electron chi connectivity index (χ2n) is 6.75. The van der Waals surface area contributed by atoms with E-state index in [0.717, 1.165) is 0 Å². The fourth-order valence-corrected chi connectivity index (χ4v) is 2.26. The van der Waals surface area contributed by atoms with Crippen LogP contribution in [0.3, 0.4) is 0 Å². The lowest BCUT2D eigenvalue weighted by Gasteiger charge is -2.15. The number of hydrogen-bond donors (Lipinski definition) is 3. The van der Waals surface area contributed by atoms with Gasteiger partial charge in [0.25, 0.3) is 0 Å². The number of nitrogens with zero attached hydrogens (tertiary/aromatic N) is 1. The Balaban J connectivity index is 3.14. The summed E-state index contributed by atoms with van der Waals surface area (Å²) in [5.41, 5.74) is 6.42. The molecule has 0 rings (SSSR count). The molecule has 33 heavy (non-hydrogen) atoms. The van der Waals surface area contributed by atoms with Gasteiger partial charge in [0.2, 0.25) is 0 Å². The van der Waals surface area contributed by atoms with Crippen molar-refractivity contribution in [2.45, 2.75) is 0 Å². The molecule has 12 heteroatoms. The molecule has 0 aliphatic heterocycles. The van der Waals surface area contributed by atoms with Gasteiger partial charge >= 0.3 is 0 Å². The van der Waals surface area contributed by atoms with E-state index < -0.39 is 0 Å². The number of nitrogens with two attached hydrogens (primary N) is 2. The van der Waals surface area contributed by atoms with Crippen LogP contribution in [-0.2, 0) is 37.9 Å². The van der Waals surface area contributed by atoms with Gasteiger partial charge in [-0.2, -0.15) is 0 Å². The van der Waals surface area contributed by atoms with Crippen LogP contribution in [0.15, 0.2) is 11.9 Å². The van der Waals surface area contributed by atoms with Crippen LogP contribution in [-0.4, -0.2) is 131 Å². The normalized spacial score (nSPS) is 11.9. The zero-order chi connectivity index (χ0) is 24.2. The van der Waals surface area contributed by atoms with Gasteiger partial charge in [0.15, 0.2) is 0 Å². The fraction of sp³-hybridized carbons (Fsp3) is 0.905. The minimum absolute atomic E-state index is 0.498. The molecular weight excluding hydrogens is 436 g/mol. The topological polar surface area (TPSA) is 141 Å². The van der Waals surface area contributed by atoms with Gasteiger partial charge in [-0.25, -0.2) is 5.84 Å². The molecule has 0 aliphatic carbocycles. The Kier molecular flexibility index (Phi) is 26.3. The summed E-state index contributed by atoms with van der Waals surface area (Å²) in [5, 5.41) is 4.46. The lowest BCUT2D eigenvalue weighted by atomic mass is 10.4. The molecule has 0 atom stereocenters. The number of ether oxygens (including phenoxy) is 8. The minimum atomic E-state index is 0.498. The summed E-state index contributed by atoms with van der Waals surface area (Å²) in [6.45, 7) is 9.12. The third-order valence-electron chi connectivity index (χ3n) is 3.87. The van der Waals surface area contributed by atoms with Crippen LogP contribution in [0.1, 0.15) is 0 Å². The molecule has 0 fully saturated rings. The molecule has 0 unspecified atom stereocenters. The molecule has 0 saturated carbocycles. The summed E-state index contributed by atoms with van der Waals surface area (Å²) >= 11 is 0. The Hall–Kier alpha value is -1.06. The number of hydrazine groups is 1. The van der Waals surface area contributed by atoms with E-state index in [2.05, 4.69) is 5.32 Å². The van der Waals surface area contributed by atoms with Gasteiger partial charge in [-0.05, 0) is 7.05 Å². The predicted molar refractivity (Wildman–Crippen MR) is 125 cm³/mol. The number of hydrogen-bond acceptors (Lipinski definition) is 12. The standard InChI is InChI=1S/C21H46N4O8/c1-24-19-21(22)20-25(23)3-4-27-7-8-29-11-12-31-15-16-33-18-17-32-14-13-30-10-9-28-6-5-26-2/h20,24H,3-19,22-23H2,1-2H3/b21-20-. The van der Waals surface area contributed by atoms with E-state index in [1.54, 1.807) is 13.3 Å². The van der Waals surface area contributed by atoms with E-state index in [9.17, 15) is 0 Å². The minimum Gasteiger partial charge on any atom is -0.400 e. The molecule has 0 heterocycles. The molecule has 0 amide bonds. The van der Waals surface area contributed by atoms with Crippen LogP contribution in [0.25, 0.3) is 0 Å². The maximum absolute atomic E-state index is 5.79. The van der Waals surface area contributed by atoms with Crippen molar-refractivity contribution in [3.05, 3.63) is 11.9 Å². The van der Waals surface area contributed by atoms with Crippen LogP contribution in [0.2, 0.25) is 0 Å². The molecule has 0 aromatic heterocycles. The van der Waals surface area contributed by atoms with Crippen LogP contribution in [0, 0.1) is 0 Å². The third-order valence-corrected chi connectivity index (χ3v) is 3.87. The monoisotopic (exact) mass is 482 g/mol. The Morgan fingerprint density at radius 3 is 1.30 bits per heavy atom. The van der Waals surface area contributed by atoms with Gasteiger partial charge in [-0.3, -0.25) is 0 Å². The average Bonchev–Trinajstić information content (AvgIpc) is 2.79. The number of likely N-dealkylation sites (N-methyl/N-ethyl adjacent to an activating group) is 1. The van der Waals surface area contributed by atoms with E-state index in [1.165, 1.54) is 5.01 Å². The Morgan fingerprint density at radius 1 is 0.636 bits per heavy atom. The van der Waals surface area contributed by atoms with Gasteiger partial charge in [0.1, 0.15) is 0 Å². The van der Waals surface area contributed by atoms with Crippen LogP contribution in [0.5, 0.6) is 0 Å². The maximum Gasteiger partial charge on any atom is 0.0701 e. The Labute approximate surface area is 198 Å². The van der Waals surface area contributed by atoms with Crippen molar-refractivity contribution in [3.63, 3.8) is 0 Å². The van der Waals surface area contributed by atoms with Crippen LogP contribution in [0.4, 0.5) is 0 Å². The van der Waals surface area contributed by atoms with Crippen molar-refractivity contribution in [3.8, 4) is 0 Å². The highest BCUT2D eigenvalue weighted by atomic mass is 16.6. The lowest BCUT2D eigenvalue weighted by molar-refractivity contribution is -0.0223. The van der Waals surface area contributed by atoms with Gasteiger partial charge in [0.05, 0.1) is 106 Å². The average molecular weight is 483 g/mol. The molecule has 0 aromatic carbocycles. The first-order valence-electron chi connectivity index (χ1n) is 11.4. The van der Waals surface area contributed by atoms with Crippen molar-refractivity contribution < 1.29 is 37.9 Å². The molecule has 5 N–H and O–H groups in total. The van der Waals surface area contributed by atoms with Crippen LogP contribution < -0.4 is 16.9 Å². The second kappa shape index (κ2) is 27.2. The quantitative estimate of drug-likeness (QED) is 0.0747. The van der Waals surface area contributed by atoms with E-state index in [0.29, 0.717) is 118 Å². The molecule has 198 valence electrons. The smallest absolute Gasteiger partial charge is 0.0701 e. The third kappa shape index (κ3) is 27.1. The van der Waals surface area contributed by atoms with Crippen LogP contribution >= 0.6 is 0 Å². The highest BCUT2D eigenvalue weighted by Gasteiger charge is 1.97. The summed E-state index contributed by atoms with van der Waals surface area (Å²) in [7, 11) is 3.47. The van der Waals surface area contributed by atoms with Gasteiger partial charge < -0.3 is 54.0 Å². The summed E-state index contributed by atoms with van der Waals surface area (Å²) in [6.07, 6.45) is 1.69. The van der Waals surface area contributed by atoms with Crippen molar-refractivity contribution in [2.75, 3.05) is 126 Å². The number of nitrogens with one attached hydrogen (secondary N) is 1. The molecule has 0 radical (unpaired) electrons. The molecular formula is C21H46N4O8. The maximum atomic E-state index is 5.79. The Morgan fingerprint density at radius 2 is 0.970 bits per heavy atom. The summed E-state index contributed by atoms with van der Waals surface area (Å²) in [6, 6.07) is 0. The van der Waals surface area contributed by atoms with Crippen molar-refractivity contribution >= 4 is 0 Å². The van der Waals surface area contributed by atoms with Crippen molar-refractivity contribution in [1.29, 1.82) is 0 Å². The molecule has 12 nitrogen and oxygen atoms in total. The summed E-state index contributed by atoms with van der Waals surface area (Å²) in [4.78, 5) is 0. The van der Waals surface area contributed by atoms with E-state index in [1.807, 2.05) is 7.05 Å². The predicted octanol–water partition coefficient (Wildman–Crippen LogP) is -1.06. The van der Waals surface area contributed by atoms with Gasteiger partial charge in [-0.15, -0.1) is 0 Å². The number of rotatable bonds is 27. The van der Waals surface area contributed by atoms with E-state index >= 15 is 0 Å². The SMILES string of the molecule is CNC/C(N)=C/N(N)CCOCCOCCOCCOCCOCCOCCOCCOC. The lowest BCUT2D eigenvalue weighted by Crippen LogP contribution is -2.31. The molecule has 0 aromatic rings. The zero-order valence-electron chi connectivity index (χ0n) is 20.5. The summed E-state index contributed by atoms with van der Waals surface area (Å²) < 4.78 is 42.7. The zero-order valence-corrected chi connectivity index (χ0v) is 20.5. The van der Waals surface area contributed by atoms with Crippen molar-refractivity contribution in [2.24, 2.45) is 11.6 Å². The van der Waals surface area contributed by atoms with Gasteiger partial charge in [0, 0.05) is 25.6 Å². The molecule has 0 saturated heterocycles. The first kappa shape index (κ1) is 31.9. The highest BCUT2D eigenvalue weighted by Crippen LogP contribution is 1.88. The Bertz CT molecular complexity index is 422. The number of methoxy groups -OCH3 is 1. The van der Waals surface area contributed by atoms with Crippen molar-refractivity contribution in [1.82, 2.24) is 10.3 Å². The molecule has 0 aliphatic rings. The van der Waals surface area contributed by atoms with E-state index in [4.69, 9.17) is 49.5 Å². The summed E-state index contributed by atoms with van der Waals surface area (Å²) in [5.74, 6) is 5.79. The van der Waals surface area contributed by atoms with Gasteiger partial charge in [-0.1, -0.05) is 0 Å². The fourth-order valence-electron chi connectivity index (χ4n) is 2.26. The first-order valence-corrected chi connectivity index (χ1v) is 11.4. The second-order valence-corrected chi connectivity index (χ2v) is 6.75. The highest BCUT2D eigenvalue weighted by molar-refractivity contribution is 4.96.